The van der Waals surface area contributed by atoms with Crippen molar-refractivity contribution in [3.05, 3.63) is 0 Å². The number of rotatable bonds is 4. The zero-order valence-corrected chi connectivity index (χ0v) is 13.3. The molecule has 4 heteroatoms. The highest BCUT2D eigenvalue weighted by Gasteiger charge is 2.66. The summed E-state index contributed by atoms with van der Waals surface area (Å²) in [6.07, 6.45) is 6.11. The second-order valence-corrected chi connectivity index (χ2v) is 8.33. The Morgan fingerprint density at radius 1 is 0.952 bits per heavy atom. The first-order valence-corrected chi connectivity index (χ1v) is 8.06. The molecular weight excluding hydrogens is 268 g/mol. The van der Waals surface area contributed by atoms with Crippen molar-refractivity contribution in [1.82, 2.24) is 0 Å². The van der Waals surface area contributed by atoms with Crippen molar-refractivity contribution >= 4 is 12.9 Å². The Kier molecular flexibility index (Phi) is 3.34. The maximum Gasteiger partial charge on any atom is 0.293 e. The molecule has 21 heavy (non-hydrogen) atoms. The Bertz CT molecular complexity index is 446. The molecule has 3 rings (SSSR count). The molecule has 3 aliphatic carbocycles. The number of carbonyl (C=O) groups is 2. The first kappa shape index (κ1) is 14.9. The normalized spacial score (nSPS) is 47.3. The SMILES string of the molecule is CC1(C)C[C@H](OC=O)[C@]23CC[C@@H](OC=O)[C@](C)(CC[C@@H]12)C3. The molecule has 3 aliphatic rings. The molecule has 118 valence electrons. The van der Waals surface area contributed by atoms with Gasteiger partial charge in [0.15, 0.2) is 0 Å². The maximum atomic E-state index is 11.0. The van der Waals surface area contributed by atoms with E-state index in [4.69, 9.17) is 9.47 Å². The Labute approximate surface area is 126 Å². The van der Waals surface area contributed by atoms with Gasteiger partial charge in [-0.15, -0.1) is 0 Å². The second-order valence-electron chi connectivity index (χ2n) is 8.33. The molecule has 0 aliphatic heterocycles. The largest absolute Gasteiger partial charge is 0.464 e. The van der Waals surface area contributed by atoms with Gasteiger partial charge in [0, 0.05) is 10.8 Å². The average molecular weight is 294 g/mol. The van der Waals surface area contributed by atoms with Crippen molar-refractivity contribution in [3.8, 4) is 0 Å². The van der Waals surface area contributed by atoms with E-state index in [1.165, 1.54) is 0 Å². The molecule has 5 atom stereocenters. The highest BCUT2D eigenvalue weighted by atomic mass is 16.5. The molecule has 3 saturated carbocycles. The fourth-order valence-electron chi connectivity index (χ4n) is 6.05. The van der Waals surface area contributed by atoms with E-state index in [2.05, 4.69) is 20.8 Å². The third kappa shape index (κ3) is 2.01. The zero-order valence-electron chi connectivity index (χ0n) is 13.3. The molecule has 3 fully saturated rings. The van der Waals surface area contributed by atoms with Crippen LogP contribution in [-0.2, 0) is 19.1 Å². The number of hydrogen-bond acceptors (Lipinski definition) is 4. The van der Waals surface area contributed by atoms with Gasteiger partial charge in [0.1, 0.15) is 12.2 Å². The van der Waals surface area contributed by atoms with Gasteiger partial charge < -0.3 is 9.47 Å². The van der Waals surface area contributed by atoms with Gasteiger partial charge in [0.05, 0.1) is 0 Å². The molecule has 2 bridgehead atoms. The lowest BCUT2D eigenvalue weighted by Crippen LogP contribution is -2.55. The predicted octanol–water partition coefficient (Wildman–Crippen LogP) is 3.09. The first-order valence-electron chi connectivity index (χ1n) is 8.06. The van der Waals surface area contributed by atoms with Gasteiger partial charge in [-0.1, -0.05) is 20.8 Å². The molecule has 0 saturated heterocycles. The summed E-state index contributed by atoms with van der Waals surface area (Å²) in [5.41, 5.74) is 0.327. The lowest BCUT2D eigenvalue weighted by molar-refractivity contribution is -0.176. The zero-order chi connectivity index (χ0) is 15.3. The van der Waals surface area contributed by atoms with Crippen LogP contribution in [0.5, 0.6) is 0 Å². The van der Waals surface area contributed by atoms with Crippen molar-refractivity contribution in [3.63, 3.8) is 0 Å². The number of fused-ring (bicyclic) bond motifs is 1. The molecule has 0 N–H and O–H groups in total. The Morgan fingerprint density at radius 2 is 1.62 bits per heavy atom. The third-order valence-corrected chi connectivity index (χ3v) is 6.82. The molecule has 0 heterocycles. The Hall–Kier alpha value is -1.06. The van der Waals surface area contributed by atoms with Crippen LogP contribution < -0.4 is 0 Å². The van der Waals surface area contributed by atoms with Gasteiger partial charge in [-0.2, -0.15) is 0 Å². The number of ether oxygens (including phenoxy) is 2. The summed E-state index contributed by atoms with van der Waals surface area (Å²) >= 11 is 0. The van der Waals surface area contributed by atoms with E-state index < -0.39 is 0 Å². The quantitative estimate of drug-likeness (QED) is 0.748. The molecule has 4 nitrogen and oxygen atoms in total. The minimum absolute atomic E-state index is 0.0159. The van der Waals surface area contributed by atoms with Crippen LogP contribution in [0.3, 0.4) is 0 Å². The summed E-state index contributed by atoms with van der Waals surface area (Å²) in [4.78, 5) is 21.7. The van der Waals surface area contributed by atoms with Crippen LogP contribution in [-0.4, -0.2) is 25.2 Å². The summed E-state index contributed by atoms with van der Waals surface area (Å²) in [6, 6.07) is 0. The second kappa shape index (κ2) is 4.72. The topological polar surface area (TPSA) is 52.6 Å². The summed E-state index contributed by atoms with van der Waals surface area (Å²) in [6.45, 7) is 8.08. The van der Waals surface area contributed by atoms with Gasteiger partial charge >= 0.3 is 0 Å². The first-order chi connectivity index (χ1) is 9.88. The fourth-order valence-corrected chi connectivity index (χ4v) is 6.05. The third-order valence-electron chi connectivity index (χ3n) is 6.82. The summed E-state index contributed by atoms with van der Waals surface area (Å²) < 4.78 is 10.9. The molecule has 0 aromatic carbocycles. The van der Waals surface area contributed by atoms with E-state index in [9.17, 15) is 9.59 Å². The number of hydrogen-bond donors (Lipinski definition) is 0. The predicted molar refractivity (Wildman–Crippen MR) is 77.4 cm³/mol. The van der Waals surface area contributed by atoms with Crippen molar-refractivity contribution in [1.29, 1.82) is 0 Å². The lowest BCUT2D eigenvalue weighted by atomic mass is 9.49. The smallest absolute Gasteiger partial charge is 0.293 e. The van der Waals surface area contributed by atoms with Gasteiger partial charge in [-0.25, -0.2) is 0 Å². The summed E-state index contributed by atoms with van der Waals surface area (Å²) in [5.74, 6) is 0.597. The summed E-state index contributed by atoms with van der Waals surface area (Å²) in [7, 11) is 0. The minimum atomic E-state index is 0.0159. The molecular formula is C17H26O4. The molecule has 1 spiro atoms. The van der Waals surface area contributed by atoms with Crippen molar-refractivity contribution in [2.75, 3.05) is 0 Å². The van der Waals surface area contributed by atoms with Crippen LogP contribution in [0.25, 0.3) is 0 Å². The average Bonchev–Trinajstić information content (AvgIpc) is 2.61. The fraction of sp³-hybridized carbons (Fsp3) is 0.882. The van der Waals surface area contributed by atoms with E-state index in [0.717, 1.165) is 38.5 Å². The molecule has 0 aromatic rings. The van der Waals surface area contributed by atoms with Crippen LogP contribution in [0.2, 0.25) is 0 Å². The summed E-state index contributed by atoms with van der Waals surface area (Å²) in [5, 5.41) is 0. The monoisotopic (exact) mass is 294 g/mol. The lowest BCUT2D eigenvalue weighted by Gasteiger charge is -2.57. The van der Waals surface area contributed by atoms with E-state index >= 15 is 0 Å². The standard InChI is InChI=1S/C17H26O4/c1-15(2)8-14(21-11-19)17-7-5-13(20-10-18)16(3,9-17)6-4-12(15)17/h10-14H,4-9H2,1-3H3/t12-,13+,14-,16+,17-/m0/s1. The minimum Gasteiger partial charge on any atom is -0.464 e. The maximum absolute atomic E-state index is 11.0. The van der Waals surface area contributed by atoms with Gasteiger partial charge in [0.2, 0.25) is 0 Å². The van der Waals surface area contributed by atoms with Gasteiger partial charge in [-0.05, 0) is 49.9 Å². The molecule has 0 aromatic heterocycles. The van der Waals surface area contributed by atoms with Crippen LogP contribution in [0.1, 0.15) is 59.3 Å². The number of carbonyl (C=O) groups excluding carboxylic acids is 2. The van der Waals surface area contributed by atoms with Crippen LogP contribution in [0, 0.1) is 22.2 Å². The highest BCUT2D eigenvalue weighted by Crippen LogP contribution is 2.69. The molecule has 0 radical (unpaired) electrons. The Morgan fingerprint density at radius 3 is 2.29 bits per heavy atom. The van der Waals surface area contributed by atoms with Crippen molar-refractivity contribution in [2.24, 2.45) is 22.2 Å². The van der Waals surface area contributed by atoms with E-state index in [1.54, 1.807) is 0 Å². The van der Waals surface area contributed by atoms with E-state index in [-0.39, 0.29) is 28.5 Å². The van der Waals surface area contributed by atoms with E-state index in [0.29, 0.717) is 18.9 Å². The Balaban J connectivity index is 1.94. The van der Waals surface area contributed by atoms with Crippen molar-refractivity contribution < 1.29 is 19.1 Å². The molecule has 0 unspecified atom stereocenters. The molecule has 0 amide bonds. The van der Waals surface area contributed by atoms with Gasteiger partial charge in [-0.3, -0.25) is 9.59 Å². The highest BCUT2D eigenvalue weighted by molar-refractivity contribution is 5.39. The van der Waals surface area contributed by atoms with Crippen LogP contribution in [0.15, 0.2) is 0 Å². The van der Waals surface area contributed by atoms with Crippen LogP contribution in [0.4, 0.5) is 0 Å². The van der Waals surface area contributed by atoms with Crippen molar-refractivity contribution in [2.45, 2.75) is 71.5 Å². The van der Waals surface area contributed by atoms with Crippen LogP contribution >= 0.6 is 0 Å². The van der Waals surface area contributed by atoms with Gasteiger partial charge in [0.25, 0.3) is 12.9 Å². The van der Waals surface area contributed by atoms with E-state index in [1.807, 2.05) is 0 Å².